The van der Waals surface area contributed by atoms with Crippen molar-refractivity contribution in [3.8, 4) is 0 Å². The van der Waals surface area contributed by atoms with E-state index in [2.05, 4.69) is 29.6 Å². The predicted octanol–water partition coefficient (Wildman–Crippen LogP) is 5.36. The zero-order chi connectivity index (χ0) is 13.9. The molecule has 1 aliphatic rings. The highest BCUT2D eigenvalue weighted by molar-refractivity contribution is 6.30. The Kier molecular flexibility index (Phi) is 3.93. The summed E-state index contributed by atoms with van der Waals surface area (Å²) in [5.74, 6) is -0.304. The summed E-state index contributed by atoms with van der Waals surface area (Å²) in [6, 6.07) is 13.3. The van der Waals surface area contributed by atoms with Gasteiger partial charge in [-0.15, -0.1) is 0 Å². The van der Waals surface area contributed by atoms with Gasteiger partial charge in [-0.3, -0.25) is 0 Å². The van der Waals surface area contributed by atoms with Crippen molar-refractivity contribution in [1.29, 1.82) is 0 Å². The van der Waals surface area contributed by atoms with Crippen LogP contribution in [0.1, 0.15) is 36.4 Å². The van der Waals surface area contributed by atoms with Gasteiger partial charge in [0.25, 0.3) is 0 Å². The summed E-state index contributed by atoms with van der Waals surface area (Å²) in [7, 11) is 0. The van der Waals surface area contributed by atoms with Gasteiger partial charge >= 0.3 is 0 Å². The first kappa shape index (κ1) is 13.4. The van der Waals surface area contributed by atoms with Crippen LogP contribution in [-0.4, -0.2) is 0 Å². The summed E-state index contributed by atoms with van der Waals surface area (Å²) in [4.78, 5) is 0. The maximum absolute atomic E-state index is 13.4. The molecule has 0 saturated heterocycles. The van der Waals surface area contributed by atoms with Crippen molar-refractivity contribution >= 4 is 17.3 Å². The third kappa shape index (κ3) is 2.96. The van der Waals surface area contributed by atoms with E-state index in [-0.39, 0.29) is 11.9 Å². The van der Waals surface area contributed by atoms with Crippen LogP contribution in [0.25, 0.3) is 0 Å². The van der Waals surface area contributed by atoms with E-state index in [1.807, 2.05) is 0 Å². The molecule has 3 rings (SSSR count). The average Bonchev–Trinajstić information content (AvgIpc) is 2.61. The Morgan fingerprint density at radius 3 is 2.80 bits per heavy atom. The highest BCUT2D eigenvalue weighted by atomic mass is 35.5. The van der Waals surface area contributed by atoms with Crippen molar-refractivity contribution in [2.24, 2.45) is 0 Å². The maximum atomic E-state index is 13.4. The highest BCUT2D eigenvalue weighted by Crippen LogP contribution is 2.32. The molecule has 0 aromatic heterocycles. The van der Waals surface area contributed by atoms with Crippen LogP contribution >= 0.6 is 11.6 Å². The number of hydrogen-bond acceptors (Lipinski definition) is 1. The molecule has 0 amide bonds. The first-order valence-electron chi connectivity index (χ1n) is 7.03. The Labute approximate surface area is 123 Å². The van der Waals surface area contributed by atoms with Crippen molar-refractivity contribution in [3.05, 3.63) is 64.4 Å². The Bertz CT molecular complexity index is 591. The Balaban J connectivity index is 1.90. The lowest BCUT2D eigenvalue weighted by atomic mass is 9.99. The quantitative estimate of drug-likeness (QED) is 0.734. The SMILES string of the molecule is Fc1cc(Cl)cc(NC2CCCCc3ccccc32)c1. The molecule has 1 aliphatic carbocycles. The Morgan fingerprint density at radius 2 is 1.95 bits per heavy atom. The summed E-state index contributed by atoms with van der Waals surface area (Å²) in [6.07, 6.45) is 4.57. The minimum absolute atomic E-state index is 0.228. The van der Waals surface area contributed by atoms with Gasteiger partial charge in [0.2, 0.25) is 0 Å². The van der Waals surface area contributed by atoms with Crippen LogP contribution in [-0.2, 0) is 6.42 Å². The molecule has 0 radical (unpaired) electrons. The largest absolute Gasteiger partial charge is 0.378 e. The lowest BCUT2D eigenvalue weighted by molar-refractivity contribution is 0.624. The van der Waals surface area contributed by atoms with Crippen LogP contribution < -0.4 is 5.32 Å². The molecule has 0 fully saturated rings. The Morgan fingerprint density at radius 1 is 1.10 bits per heavy atom. The lowest BCUT2D eigenvalue weighted by Crippen LogP contribution is -2.11. The molecular formula is C17H17ClFN. The molecule has 2 aromatic rings. The zero-order valence-corrected chi connectivity index (χ0v) is 12.0. The molecule has 1 N–H and O–H groups in total. The summed E-state index contributed by atoms with van der Waals surface area (Å²) >= 11 is 5.92. The van der Waals surface area contributed by atoms with Gasteiger partial charge in [-0.25, -0.2) is 4.39 Å². The van der Waals surface area contributed by atoms with Crippen molar-refractivity contribution < 1.29 is 4.39 Å². The van der Waals surface area contributed by atoms with Gasteiger partial charge in [0.05, 0.1) is 6.04 Å². The fourth-order valence-electron chi connectivity index (χ4n) is 2.91. The average molecular weight is 290 g/mol. The zero-order valence-electron chi connectivity index (χ0n) is 11.2. The van der Waals surface area contributed by atoms with Crippen LogP contribution in [0.2, 0.25) is 5.02 Å². The summed E-state index contributed by atoms with van der Waals surface area (Å²) in [6.45, 7) is 0. The van der Waals surface area contributed by atoms with E-state index in [0.29, 0.717) is 5.02 Å². The smallest absolute Gasteiger partial charge is 0.126 e. The second kappa shape index (κ2) is 5.84. The van der Waals surface area contributed by atoms with Gasteiger partial charge in [0, 0.05) is 10.7 Å². The fraction of sp³-hybridized carbons (Fsp3) is 0.294. The van der Waals surface area contributed by atoms with E-state index >= 15 is 0 Å². The lowest BCUT2D eigenvalue weighted by Gasteiger charge is -2.20. The molecule has 2 aromatic carbocycles. The van der Waals surface area contributed by atoms with Crippen LogP contribution in [0, 0.1) is 5.82 Å². The summed E-state index contributed by atoms with van der Waals surface area (Å²) in [5.41, 5.74) is 3.46. The number of rotatable bonds is 2. The van der Waals surface area contributed by atoms with Gasteiger partial charge in [-0.2, -0.15) is 0 Å². The minimum atomic E-state index is -0.304. The monoisotopic (exact) mass is 289 g/mol. The van der Waals surface area contributed by atoms with Gasteiger partial charge < -0.3 is 5.32 Å². The number of anilines is 1. The van der Waals surface area contributed by atoms with E-state index in [1.54, 1.807) is 6.07 Å². The van der Waals surface area contributed by atoms with E-state index in [1.165, 1.54) is 36.1 Å². The van der Waals surface area contributed by atoms with Crippen molar-refractivity contribution in [3.63, 3.8) is 0 Å². The predicted molar refractivity (Wildman–Crippen MR) is 81.8 cm³/mol. The van der Waals surface area contributed by atoms with Crippen LogP contribution in [0.15, 0.2) is 42.5 Å². The van der Waals surface area contributed by atoms with E-state index in [0.717, 1.165) is 18.5 Å². The standard InChI is InChI=1S/C17H17ClFN/c18-13-9-14(19)11-15(10-13)20-17-8-4-2-6-12-5-1-3-7-16(12)17/h1,3,5,7,9-11,17,20H,2,4,6,8H2. The first-order chi connectivity index (χ1) is 9.72. The summed E-state index contributed by atoms with van der Waals surface area (Å²) in [5, 5.41) is 3.86. The van der Waals surface area contributed by atoms with Gasteiger partial charge in [-0.05, 0) is 48.6 Å². The van der Waals surface area contributed by atoms with E-state index in [9.17, 15) is 4.39 Å². The molecule has 0 heterocycles. The second-order valence-electron chi connectivity index (χ2n) is 5.30. The topological polar surface area (TPSA) is 12.0 Å². The molecule has 0 aliphatic heterocycles. The number of fused-ring (bicyclic) bond motifs is 1. The molecule has 0 bridgehead atoms. The maximum Gasteiger partial charge on any atom is 0.126 e. The third-order valence-electron chi connectivity index (χ3n) is 3.82. The van der Waals surface area contributed by atoms with Gasteiger partial charge in [0.15, 0.2) is 0 Å². The van der Waals surface area contributed by atoms with Crippen LogP contribution in [0.4, 0.5) is 10.1 Å². The molecule has 1 unspecified atom stereocenters. The molecule has 0 spiro atoms. The van der Waals surface area contributed by atoms with Crippen LogP contribution in [0.3, 0.4) is 0 Å². The van der Waals surface area contributed by atoms with Gasteiger partial charge in [0.1, 0.15) is 5.82 Å². The van der Waals surface area contributed by atoms with Crippen molar-refractivity contribution in [1.82, 2.24) is 0 Å². The number of nitrogens with one attached hydrogen (secondary N) is 1. The summed E-state index contributed by atoms with van der Waals surface area (Å²) < 4.78 is 13.4. The molecule has 0 saturated carbocycles. The third-order valence-corrected chi connectivity index (χ3v) is 4.04. The van der Waals surface area contributed by atoms with Crippen molar-refractivity contribution in [2.75, 3.05) is 5.32 Å². The molecule has 104 valence electrons. The fourth-order valence-corrected chi connectivity index (χ4v) is 3.13. The molecule has 1 nitrogen and oxygen atoms in total. The molecular weight excluding hydrogens is 273 g/mol. The molecule has 1 atom stereocenters. The van der Waals surface area contributed by atoms with Crippen molar-refractivity contribution in [2.45, 2.75) is 31.7 Å². The van der Waals surface area contributed by atoms with Crippen LogP contribution in [0.5, 0.6) is 0 Å². The Hall–Kier alpha value is -1.54. The first-order valence-corrected chi connectivity index (χ1v) is 7.40. The van der Waals surface area contributed by atoms with Gasteiger partial charge in [-0.1, -0.05) is 42.3 Å². The molecule has 20 heavy (non-hydrogen) atoms. The highest BCUT2D eigenvalue weighted by Gasteiger charge is 2.18. The normalized spacial score (nSPS) is 18.2. The number of hydrogen-bond donors (Lipinski definition) is 1. The van der Waals surface area contributed by atoms with E-state index in [4.69, 9.17) is 11.6 Å². The van der Waals surface area contributed by atoms with E-state index < -0.39 is 0 Å². The molecule has 3 heteroatoms. The minimum Gasteiger partial charge on any atom is -0.378 e. The number of aryl methyl sites for hydroxylation is 1. The second-order valence-corrected chi connectivity index (χ2v) is 5.74. The number of halogens is 2. The number of benzene rings is 2.